The van der Waals surface area contributed by atoms with Gasteiger partial charge in [-0.15, -0.1) is 0 Å². The van der Waals surface area contributed by atoms with Crippen LogP contribution in [0.2, 0.25) is 0 Å². The van der Waals surface area contributed by atoms with E-state index in [1.807, 2.05) is 6.92 Å². The maximum Gasteiger partial charge on any atom is 0.0540 e. The minimum atomic E-state index is -0.137. The summed E-state index contributed by atoms with van der Waals surface area (Å²) in [6, 6.07) is 0. The molecule has 1 nitrogen and oxygen atoms in total. The molecule has 0 radical (unpaired) electrons. The fraction of sp³-hybridized carbons (Fsp3) is 1.00. The van der Waals surface area contributed by atoms with Crippen molar-refractivity contribution in [2.45, 2.75) is 79.8 Å². The van der Waals surface area contributed by atoms with Gasteiger partial charge < -0.3 is 5.11 Å². The average Bonchev–Trinajstić information content (AvgIpc) is 2.08. The van der Waals surface area contributed by atoms with E-state index >= 15 is 0 Å². The van der Waals surface area contributed by atoms with E-state index in [1.165, 1.54) is 32.1 Å². The molecule has 0 bridgehead atoms. The first-order chi connectivity index (χ1) is 7.26. The van der Waals surface area contributed by atoms with Gasteiger partial charge in [0.2, 0.25) is 0 Å². The van der Waals surface area contributed by atoms with Crippen LogP contribution in [0.25, 0.3) is 0 Å². The molecule has 1 N–H and O–H groups in total. The quantitative estimate of drug-likeness (QED) is 0.673. The molecule has 0 aromatic rings. The third kappa shape index (κ3) is 8.15. The fourth-order valence-electron chi connectivity index (χ4n) is 2.64. The lowest BCUT2D eigenvalue weighted by molar-refractivity contribution is 0.108. The van der Waals surface area contributed by atoms with Crippen molar-refractivity contribution in [1.82, 2.24) is 0 Å². The van der Waals surface area contributed by atoms with E-state index in [0.717, 1.165) is 5.92 Å². The summed E-state index contributed by atoms with van der Waals surface area (Å²) in [6.45, 7) is 13.4. The Balaban J connectivity index is 3.91. The standard InChI is InChI=1S/C15H32O/c1-7-8-14(13(3)16)10-9-12(2)11-15(4,5)6/h12-14,16H,7-11H2,1-6H3. The predicted molar refractivity (Wildman–Crippen MR) is 72.5 cm³/mol. The van der Waals surface area contributed by atoms with Crippen LogP contribution in [0.3, 0.4) is 0 Å². The van der Waals surface area contributed by atoms with Gasteiger partial charge in [0.1, 0.15) is 0 Å². The molecular weight excluding hydrogens is 196 g/mol. The lowest BCUT2D eigenvalue weighted by Gasteiger charge is -2.25. The monoisotopic (exact) mass is 228 g/mol. The van der Waals surface area contributed by atoms with Crippen LogP contribution >= 0.6 is 0 Å². The van der Waals surface area contributed by atoms with Crippen LogP contribution in [0.15, 0.2) is 0 Å². The molecule has 0 rings (SSSR count). The van der Waals surface area contributed by atoms with E-state index in [0.29, 0.717) is 11.3 Å². The molecule has 0 saturated heterocycles. The maximum absolute atomic E-state index is 9.69. The minimum Gasteiger partial charge on any atom is -0.393 e. The summed E-state index contributed by atoms with van der Waals surface area (Å²) in [4.78, 5) is 0. The molecule has 0 saturated carbocycles. The first-order valence-electron chi connectivity index (χ1n) is 6.94. The van der Waals surface area contributed by atoms with Crippen molar-refractivity contribution in [2.24, 2.45) is 17.3 Å². The Kier molecular flexibility index (Phi) is 7.30. The van der Waals surface area contributed by atoms with Gasteiger partial charge in [-0.3, -0.25) is 0 Å². The molecule has 98 valence electrons. The second-order valence-corrected chi connectivity index (χ2v) is 6.74. The highest BCUT2D eigenvalue weighted by Crippen LogP contribution is 2.29. The summed E-state index contributed by atoms with van der Waals surface area (Å²) in [6.07, 6.45) is 5.94. The van der Waals surface area contributed by atoms with Gasteiger partial charge in [-0.1, -0.05) is 47.5 Å². The molecule has 16 heavy (non-hydrogen) atoms. The summed E-state index contributed by atoms with van der Waals surface area (Å²) in [5.41, 5.74) is 0.435. The summed E-state index contributed by atoms with van der Waals surface area (Å²) in [5, 5.41) is 9.69. The third-order valence-corrected chi connectivity index (χ3v) is 3.33. The Bertz CT molecular complexity index is 167. The molecule has 0 aliphatic rings. The van der Waals surface area contributed by atoms with Gasteiger partial charge in [-0.25, -0.2) is 0 Å². The normalized spacial score (nSPS) is 18.2. The highest BCUT2D eigenvalue weighted by Gasteiger charge is 2.18. The zero-order valence-corrected chi connectivity index (χ0v) is 12.2. The van der Waals surface area contributed by atoms with E-state index in [4.69, 9.17) is 0 Å². The highest BCUT2D eigenvalue weighted by molar-refractivity contribution is 4.70. The molecule has 0 aliphatic heterocycles. The summed E-state index contributed by atoms with van der Waals surface area (Å²) < 4.78 is 0. The molecule has 1 heteroatoms. The van der Waals surface area contributed by atoms with E-state index in [-0.39, 0.29) is 6.10 Å². The Hall–Kier alpha value is -0.0400. The van der Waals surface area contributed by atoms with E-state index in [1.54, 1.807) is 0 Å². The van der Waals surface area contributed by atoms with Crippen LogP contribution in [0.4, 0.5) is 0 Å². The number of aliphatic hydroxyl groups is 1. The number of hydrogen-bond donors (Lipinski definition) is 1. The smallest absolute Gasteiger partial charge is 0.0540 e. The molecule has 0 aliphatic carbocycles. The van der Waals surface area contributed by atoms with Gasteiger partial charge in [-0.05, 0) is 43.4 Å². The van der Waals surface area contributed by atoms with Crippen LogP contribution in [0.5, 0.6) is 0 Å². The third-order valence-electron chi connectivity index (χ3n) is 3.33. The first-order valence-corrected chi connectivity index (χ1v) is 6.94. The molecule has 0 spiro atoms. The molecule has 0 aromatic heterocycles. The number of hydrogen-bond acceptors (Lipinski definition) is 1. The van der Waals surface area contributed by atoms with Gasteiger partial charge in [0.15, 0.2) is 0 Å². The van der Waals surface area contributed by atoms with Crippen LogP contribution in [-0.4, -0.2) is 11.2 Å². The Morgan fingerprint density at radius 3 is 1.94 bits per heavy atom. The summed E-state index contributed by atoms with van der Waals surface area (Å²) >= 11 is 0. The topological polar surface area (TPSA) is 20.2 Å². The number of aliphatic hydroxyl groups excluding tert-OH is 1. The molecular formula is C15H32O. The minimum absolute atomic E-state index is 0.137. The largest absolute Gasteiger partial charge is 0.393 e. The zero-order valence-electron chi connectivity index (χ0n) is 12.2. The highest BCUT2D eigenvalue weighted by atomic mass is 16.3. The van der Waals surface area contributed by atoms with Gasteiger partial charge in [0.05, 0.1) is 6.10 Å². The lowest BCUT2D eigenvalue weighted by Crippen LogP contribution is -2.18. The van der Waals surface area contributed by atoms with Crippen molar-refractivity contribution in [1.29, 1.82) is 0 Å². The maximum atomic E-state index is 9.69. The van der Waals surface area contributed by atoms with Crippen molar-refractivity contribution >= 4 is 0 Å². The predicted octanol–water partition coefficient (Wildman–Crippen LogP) is 4.64. The van der Waals surface area contributed by atoms with Crippen molar-refractivity contribution in [3.63, 3.8) is 0 Å². The number of rotatable bonds is 7. The van der Waals surface area contributed by atoms with Gasteiger partial charge in [0.25, 0.3) is 0 Å². The van der Waals surface area contributed by atoms with E-state index < -0.39 is 0 Å². The Morgan fingerprint density at radius 1 is 1.00 bits per heavy atom. The van der Waals surface area contributed by atoms with Crippen molar-refractivity contribution < 1.29 is 5.11 Å². The Morgan fingerprint density at radius 2 is 1.56 bits per heavy atom. The van der Waals surface area contributed by atoms with Crippen LogP contribution in [0, 0.1) is 17.3 Å². The molecule has 0 heterocycles. The molecule has 0 fully saturated rings. The van der Waals surface area contributed by atoms with Crippen LogP contribution in [0.1, 0.15) is 73.6 Å². The Labute approximate surface area is 103 Å². The second kappa shape index (κ2) is 7.32. The molecule has 3 atom stereocenters. The van der Waals surface area contributed by atoms with Crippen molar-refractivity contribution in [3.8, 4) is 0 Å². The van der Waals surface area contributed by atoms with Crippen LogP contribution < -0.4 is 0 Å². The fourth-order valence-corrected chi connectivity index (χ4v) is 2.64. The summed E-state index contributed by atoms with van der Waals surface area (Å²) in [5.74, 6) is 1.28. The van der Waals surface area contributed by atoms with E-state index in [9.17, 15) is 5.11 Å². The van der Waals surface area contributed by atoms with Gasteiger partial charge in [0, 0.05) is 0 Å². The first kappa shape index (κ1) is 16.0. The van der Waals surface area contributed by atoms with Crippen LogP contribution in [-0.2, 0) is 0 Å². The molecule has 0 aromatic carbocycles. The molecule has 3 unspecified atom stereocenters. The van der Waals surface area contributed by atoms with Crippen molar-refractivity contribution in [2.75, 3.05) is 0 Å². The van der Waals surface area contributed by atoms with Gasteiger partial charge in [-0.2, -0.15) is 0 Å². The van der Waals surface area contributed by atoms with Crippen molar-refractivity contribution in [3.05, 3.63) is 0 Å². The zero-order chi connectivity index (χ0) is 12.8. The second-order valence-electron chi connectivity index (χ2n) is 6.74. The van der Waals surface area contributed by atoms with Gasteiger partial charge >= 0.3 is 0 Å². The SMILES string of the molecule is CCCC(CCC(C)CC(C)(C)C)C(C)O. The summed E-state index contributed by atoms with van der Waals surface area (Å²) in [7, 11) is 0. The average molecular weight is 228 g/mol. The lowest BCUT2D eigenvalue weighted by atomic mass is 9.81. The van der Waals surface area contributed by atoms with E-state index in [2.05, 4.69) is 34.6 Å². The molecule has 0 amide bonds.